The van der Waals surface area contributed by atoms with Gasteiger partial charge in [-0.25, -0.2) is 4.79 Å². The van der Waals surface area contributed by atoms with Gasteiger partial charge in [-0.2, -0.15) is 5.10 Å². The zero-order valence-corrected chi connectivity index (χ0v) is 18.9. The summed E-state index contributed by atoms with van der Waals surface area (Å²) in [4.78, 5) is 15.5. The van der Waals surface area contributed by atoms with Crippen LogP contribution in [0.15, 0.2) is 71.7 Å². The first kappa shape index (κ1) is 22.5. The number of hydrogen-bond acceptors (Lipinski definition) is 5. The third kappa shape index (κ3) is 4.46. The molecule has 0 saturated carbocycles. The third-order valence-electron chi connectivity index (χ3n) is 5.48. The molecule has 0 aliphatic carbocycles. The monoisotopic (exact) mass is 462 g/mol. The summed E-state index contributed by atoms with van der Waals surface area (Å²) in [5.74, 6) is -0.586. The van der Waals surface area contributed by atoms with Gasteiger partial charge in [-0.05, 0) is 36.2 Å². The number of aliphatic hydroxyl groups is 1. The van der Waals surface area contributed by atoms with Gasteiger partial charge in [-0.1, -0.05) is 60.1 Å². The van der Waals surface area contributed by atoms with E-state index in [1.165, 1.54) is 13.1 Å². The molecule has 0 aliphatic heterocycles. The molecule has 1 aromatic heterocycles. The average Bonchev–Trinajstić information content (AvgIpc) is 3.13. The van der Waals surface area contributed by atoms with Gasteiger partial charge in [0.05, 0.1) is 22.8 Å². The molecule has 4 aromatic rings. The molecule has 0 aliphatic rings. The minimum atomic E-state index is -1.60. The number of halogens is 1. The van der Waals surface area contributed by atoms with Crippen molar-refractivity contribution in [3.8, 4) is 11.1 Å². The molecule has 7 nitrogen and oxygen atoms in total. The van der Waals surface area contributed by atoms with E-state index in [4.69, 9.17) is 11.6 Å². The highest BCUT2D eigenvalue weighted by molar-refractivity contribution is 6.36. The molecule has 0 amide bonds. The van der Waals surface area contributed by atoms with Crippen LogP contribution in [0.3, 0.4) is 0 Å². The zero-order valence-electron chi connectivity index (χ0n) is 18.2. The van der Waals surface area contributed by atoms with Gasteiger partial charge in [0, 0.05) is 24.2 Å². The Morgan fingerprint density at radius 1 is 1.18 bits per heavy atom. The van der Waals surface area contributed by atoms with Crippen molar-refractivity contribution in [2.75, 3.05) is 11.9 Å². The molecule has 3 N–H and O–H groups in total. The van der Waals surface area contributed by atoms with E-state index in [1.807, 2.05) is 73.8 Å². The highest BCUT2D eigenvalue weighted by Crippen LogP contribution is 2.36. The standard InChI is InChI=1S/C25H23ClN4O3/c1-25(15-31,24(32)33)27-14-16-11-12-21-19(13-16)23(29-30(21)2)28-20-10-6-9-18(22(20)26)17-7-4-3-5-8-17/h3-14,31H,15H2,1-2H3,(H,28,29)(H,32,33). The Morgan fingerprint density at radius 2 is 1.94 bits per heavy atom. The molecule has 33 heavy (non-hydrogen) atoms. The largest absolute Gasteiger partial charge is 0.479 e. The van der Waals surface area contributed by atoms with Crippen LogP contribution in [0.4, 0.5) is 11.5 Å². The predicted molar refractivity (Wildman–Crippen MR) is 132 cm³/mol. The van der Waals surface area contributed by atoms with Crippen molar-refractivity contribution in [3.63, 3.8) is 0 Å². The molecule has 0 saturated heterocycles. The lowest BCUT2D eigenvalue weighted by Crippen LogP contribution is -2.37. The normalized spacial score (nSPS) is 13.3. The maximum atomic E-state index is 11.4. The second-order valence-electron chi connectivity index (χ2n) is 7.90. The van der Waals surface area contributed by atoms with Crippen LogP contribution in [-0.4, -0.2) is 44.3 Å². The lowest BCUT2D eigenvalue weighted by Gasteiger charge is -2.16. The summed E-state index contributed by atoms with van der Waals surface area (Å²) in [6.07, 6.45) is 1.45. The Balaban J connectivity index is 1.71. The first-order valence-electron chi connectivity index (χ1n) is 10.3. The van der Waals surface area contributed by atoms with Crippen LogP contribution in [0.5, 0.6) is 0 Å². The number of nitrogens with zero attached hydrogens (tertiary/aromatic N) is 3. The van der Waals surface area contributed by atoms with Crippen molar-refractivity contribution >= 4 is 46.2 Å². The summed E-state index contributed by atoms with van der Waals surface area (Å²) in [6.45, 7) is 0.764. The fourth-order valence-corrected chi connectivity index (χ4v) is 3.72. The second kappa shape index (κ2) is 9.05. The molecule has 1 atom stereocenters. The molecule has 0 bridgehead atoms. The number of nitrogens with one attached hydrogen (secondary N) is 1. The summed E-state index contributed by atoms with van der Waals surface area (Å²) in [6, 6.07) is 21.3. The number of hydrogen-bond donors (Lipinski definition) is 3. The van der Waals surface area contributed by atoms with Crippen molar-refractivity contribution in [1.29, 1.82) is 0 Å². The molecule has 0 radical (unpaired) electrons. The molecule has 0 fully saturated rings. The van der Waals surface area contributed by atoms with Gasteiger partial charge in [0.1, 0.15) is 0 Å². The number of aryl methyl sites for hydroxylation is 1. The number of aliphatic carboxylic acids is 1. The number of fused-ring (bicyclic) bond motifs is 1. The Morgan fingerprint density at radius 3 is 2.64 bits per heavy atom. The van der Waals surface area contributed by atoms with Crippen molar-refractivity contribution < 1.29 is 15.0 Å². The van der Waals surface area contributed by atoms with Crippen LogP contribution >= 0.6 is 11.6 Å². The number of rotatable bonds is 7. The van der Waals surface area contributed by atoms with Crippen LogP contribution in [0.2, 0.25) is 5.02 Å². The molecule has 8 heteroatoms. The van der Waals surface area contributed by atoms with Crippen LogP contribution < -0.4 is 5.32 Å². The lowest BCUT2D eigenvalue weighted by atomic mass is 10.0. The Kier molecular flexibility index (Phi) is 6.18. The van der Waals surface area contributed by atoms with Gasteiger partial charge in [-0.3, -0.25) is 9.67 Å². The fraction of sp³-hybridized carbons (Fsp3) is 0.160. The Hall–Kier alpha value is -3.68. The number of aliphatic imine (C=N–C) groups is 1. The molecular formula is C25H23ClN4O3. The number of carboxylic acids is 1. The minimum absolute atomic E-state index is 0.584. The van der Waals surface area contributed by atoms with Gasteiger partial charge in [0.2, 0.25) is 0 Å². The van der Waals surface area contributed by atoms with E-state index in [0.29, 0.717) is 16.4 Å². The van der Waals surface area contributed by atoms with E-state index in [-0.39, 0.29) is 0 Å². The first-order valence-corrected chi connectivity index (χ1v) is 10.7. The molecule has 168 valence electrons. The summed E-state index contributed by atoms with van der Waals surface area (Å²) in [5.41, 5.74) is 2.61. The number of benzene rings is 3. The topological polar surface area (TPSA) is 99.7 Å². The van der Waals surface area contributed by atoms with Crippen molar-refractivity contribution in [2.45, 2.75) is 12.5 Å². The van der Waals surface area contributed by atoms with E-state index in [0.717, 1.165) is 27.7 Å². The van der Waals surface area contributed by atoms with Crippen LogP contribution in [0.25, 0.3) is 22.0 Å². The highest BCUT2D eigenvalue weighted by Gasteiger charge is 2.31. The first-order chi connectivity index (χ1) is 15.8. The number of aromatic nitrogens is 2. The SMILES string of the molecule is Cn1nc(Nc2cccc(-c3ccccc3)c2Cl)c2cc(C=NC(C)(CO)C(=O)O)ccc21. The van der Waals surface area contributed by atoms with E-state index in [2.05, 4.69) is 15.4 Å². The van der Waals surface area contributed by atoms with E-state index >= 15 is 0 Å². The van der Waals surface area contributed by atoms with E-state index in [1.54, 1.807) is 4.68 Å². The summed E-state index contributed by atoms with van der Waals surface area (Å²) < 4.78 is 1.75. The van der Waals surface area contributed by atoms with Gasteiger partial charge in [0.15, 0.2) is 11.4 Å². The van der Waals surface area contributed by atoms with Crippen LogP contribution in [0, 0.1) is 0 Å². The fourth-order valence-electron chi connectivity index (χ4n) is 3.43. The molecule has 4 rings (SSSR count). The van der Waals surface area contributed by atoms with Crippen LogP contribution in [-0.2, 0) is 11.8 Å². The Labute approximate surface area is 196 Å². The molecular weight excluding hydrogens is 440 g/mol. The maximum absolute atomic E-state index is 11.4. The number of carbonyl (C=O) groups is 1. The quantitative estimate of drug-likeness (QED) is 0.339. The zero-order chi connectivity index (χ0) is 23.6. The second-order valence-corrected chi connectivity index (χ2v) is 8.28. The van der Waals surface area contributed by atoms with Gasteiger partial charge in [0.25, 0.3) is 0 Å². The van der Waals surface area contributed by atoms with Gasteiger partial charge >= 0.3 is 5.97 Å². The molecule has 1 heterocycles. The average molecular weight is 463 g/mol. The highest BCUT2D eigenvalue weighted by atomic mass is 35.5. The van der Waals surface area contributed by atoms with Gasteiger partial charge in [-0.15, -0.1) is 0 Å². The van der Waals surface area contributed by atoms with E-state index in [9.17, 15) is 15.0 Å². The smallest absolute Gasteiger partial charge is 0.333 e. The number of aliphatic hydroxyl groups excluding tert-OH is 1. The van der Waals surface area contributed by atoms with Crippen LogP contribution in [0.1, 0.15) is 12.5 Å². The lowest BCUT2D eigenvalue weighted by molar-refractivity contribution is -0.143. The molecule has 0 spiro atoms. The molecule has 1 unspecified atom stereocenters. The summed E-state index contributed by atoms with van der Waals surface area (Å²) in [7, 11) is 1.84. The predicted octanol–water partition coefficient (Wildman–Crippen LogP) is 4.89. The Bertz CT molecular complexity index is 1350. The number of carboxylic acid groups (broad SMARTS) is 1. The summed E-state index contributed by atoms with van der Waals surface area (Å²) in [5, 5.41) is 28.1. The van der Waals surface area contributed by atoms with E-state index < -0.39 is 18.1 Å². The maximum Gasteiger partial charge on any atom is 0.333 e. The van der Waals surface area contributed by atoms with Crippen molar-refractivity contribution in [3.05, 3.63) is 77.3 Å². The van der Waals surface area contributed by atoms with Gasteiger partial charge < -0.3 is 15.5 Å². The molecule has 3 aromatic carbocycles. The third-order valence-corrected chi connectivity index (χ3v) is 5.89. The number of anilines is 2. The van der Waals surface area contributed by atoms with Crippen molar-refractivity contribution in [1.82, 2.24) is 9.78 Å². The van der Waals surface area contributed by atoms with Crippen molar-refractivity contribution in [2.24, 2.45) is 12.0 Å². The minimum Gasteiger partial charge on any atom is -0.479 e. The summed E-state index contributed by atoms with van der Waals surface area (Å²) >= 11 is 6.73.